The molecular formula is C15H10BrClN2OS. The van der Waals surface area contributed by atoms with Crippen molar-refractivity contribution in [2.45, 2.75) is 10.6 Å². The molecule has 21 heavy (non-hydrogen) atoms. The summed E-state index contributed by atoms with van der Waals surface area (Å²) in [6.07, 6.45) is 1.58. The summed E-state index contributed by atoms with van der Waals surface area (Å²) in [6, 6.07) is 13.1. The molecule has 0 saturated carbocycles. The number of hydrogen-bond acceptors (Lipinski definition) is 3. The fraction of sp³-hybridized carbons (Fsp3) is 0.0667. The molecule has 0 radical (unpaired) electrons. The molecule has 0 aliphatic heterocycles. The quantitative estimate of drug-likeness (QED) is 0.631. The van der Waals surface area contributed by atoms with E-state index in [-0.39, 0.29) is 5.56 Å². The summed E-state index contributed by atoms with van der Waals surface area (Å²) < 4.78 is 2.49. The van der Waals surface area contributed by atoms with E-state index in [0.29, 0.717) is 16.4 Å². The minimum atomic E-state index is -0.118. The summed E-state index contributed by atoms with van der Waals surface area (Å²) in [4.78, 5) is 17.7. The molecule has 1 aromatic carbocycles. The van der Waals surface area contributed by atoms with E-state index in [2.05, 4.69) is 20.9 Å². The molecular weight excluding hydrogens is 372 g/mol. The van der Waals surface area contributed by atoms with Gasteiger partial charge in [-0.15, -0.1) is 11.8 Å². The van der Waals surface area contributed by atoms with Crippen LogP contribution in [0.25, 0.3) is 5.65 Å². The smallest absolute Gasteiger partial charge is 0.258 e. The van der Waals surface area contributed by atoms with Crippen molar-refractivity contribution in [3.63, 3.8) is 0 Å². The molecule has 0 saturated heterocycles. The van der Waals surface area contributed by atoms with Crippen LogP contribution in [0.15, 0.2) is 62.8 Å². The first-order chi connectivity index (χ1) is 10.1. The molecule has 3 aromatic rings. The zero-order chi connectivity index (χ0) is 14.8. The molecule has 0 aliphatic carbocycles. The highest BCUT2D eigenvalue weighted by molar-refractivity contribution is 9.10. The monoisotopic (exact) mass is 380 g/mol. The van der Waals surface area contributed by atoms with Crippen LogP contribution >= 0.6 is 39.3 Å². The molecule has 0 atom stereocenters. The first-order valence-electron chi connectivity index (χ1n) is 6.18. The van der Waals surface area contributed by atoms with E-state index in [4.69, 9.17) is 11.6 Å². The number of pyridine rings is 1. The van der Waals surface area contributed by atoms with Crippen LogP contribution in [-0.4, -0.2) is 9.38 Å². The molecule has 0 amide bonds. The molecule has 0 unspecified atom stereocenters. The van der Waals surface area contributed by atoms with E-state index in [1.165, 1.54) is 4.40 Å². The predicted molar refractivity (Wildman–Crippen MR) is 90.2 cm³/mol. The van der Waals surface area contributed by atoms with Gasteiger partial charge < -0.3 is 0 Å². The van der Waals surface area contributed by atoms with Gasteiger partial charge in [-0.25, -0.2) is 4.98 Å². The SMILES string of the molecule is O=c1cc(CSc2cccc(Br)c2)nc2ccc(Cl)cn12. The molecule has 0 spiro atoms. The van der Waals surface area contributed by atoms with Crippen LogP contribution in [0.5, 0.6) is 0 Å². The lowest BCUT2D eigenvalue weighted by Crippen LogP contribution is -2.14. The lowest BCUT2D eigenvalue weighted by molar-refractivity contribution is 1.01. The molecule has 0 N–H and O–H groups in total. The second-order valence-electron chi connectivity index (χ2n) is 4.41. The molecule has 0 fully saturated rings. The maximum Gasteiger partial charge on any atom is 0.258 e. The molecule has 0 bridgehead atoms. The Hall–Kier alpha value is -1.30. The second-order valence-corrected chi connectivity index (χ2v) is 6.81. The third kappa shape index (κ3) is 3.48. The lowest BCUT2D eigenvalue weighted by atomic mass is 10.4. The van der Waals surface area contributed by atoms with Gasteiger partial charge in [-0.05, 0) is 30.3 Å². The number of benzene rings is 1. The lowest BCUT2D eigenvalue weighted by Gasteiger charge is -2.05. The Morgan fingerprint density at radius 1 is 1.24 bits per heavy atom. The van der Waals surface area contributed by atoms with Gasteiger partial charge in [-0.1, -0.05) is 33.6 Å². The van der Waals surface area contributed by atoms with Crippen LogP contribution in [0, 0.1) is 0 Å². The number of fused-ring (bicyclic) bond motifs is 1. The fourth-order valence-corrected chi connectivity index (χ4v) is 3.47. The number of nitrogens with zero attached hydrogens (tertiary/aromatic N) is 2. The van der Waals surface area contributed by atoms with Crippen molar-refractivity contribution in [1.29, 1.82) is 0 Å². The minimum absolute atomic E-state index is 0.118. The summed E-state index contributed by atoms with van der Waals surface area (Å²) in [5.74, 6) is 0.644. The van der Waals surface area contributed by atoms with Gasteiger partial charge in [0.25, 0.3) is 5.56 Å². The Morgan fingerprint density at radius 2 is 2.10 bits per heavy atom. The summed E-state index contributed by atoms with van der Waals surface area (Å²) in [6.45, 7) is 0. The van der Waals surface area contributed by atoms with Crippen LogP contribution in [0.4, 0.5) is 0 Å². The van der Waals surface area contributed by atoms with E-state index in [1.807, 2.05) is 24.3 Å². The van der Waals surface area contributed by atoms with Crippen LogP contribution in [0.3, 0.4) is 0 Å². The zero-order valence-electron chi connectivity index (χ0n) is 10.8. The average Bonchev–Trinajstić information content (AvgIpc) is 2.46. The summed E-state index contributed by atoms with van der Waals surface area (Å²) in [5, 5.41) is 0.516. The zero-order valence-corrected chi connectivity index (χ0v) is 14.0. The number of hydrogen-bond donors (Lipinski definition) is 0. The predicted octanol–water partition coefficient (Wildman–Crippen LogP) is 4.40. The second kappa shape index (κ2) is 6.22. The van der Waals surface area contributed by atoms with Crippen molar-refractivity contribution in [2.75, 3.05) is 0 Å². The first-order valence-corrected chi connectivity index (χ1v) is 8.34. The molecule has 2 heterocycles. The maximum absolute atomic E-state index is 12.1. The van der Waals surface area contributed by atoms with Gasteiger partial charge in [0.2, 0.25) is 0 Å². The van der Waals surface area contributed by atoms with Crippen molar-refractivity contribution in [2.24, 2.45) is 0 Å². The number of rotatable bonds is 3. The Balaban J connectivity index is 1.88. The Kier molecular flexibility index (Phi) is 4.33. The summed E-state index contributed by atoms with van der Waals surface area (Å²) in [5.41, 5.74) is 1.25. The first kappa shape index (κ1) is 14.6. The Morgan fingerprint density at radius 3 is 2.90 bits per heavy atom. The molecule has 106 valence electrons. The standard InChI is InChI=1S/C15H10BrClN2OS/c16-10-2-1-3-13(6-10)21-9-12-7-15(20)19-8-11(17)4-5-14(19)18-12/h1-8H,9H2. The van der Waals surface area contributed by atoms with Gasteiger partial charge in [0.1, 0.15) is 5.65 Å². The van der Waals surface area contributed by atoms with Gasteiger partial charge >= 0.3 is 0 Å². The van der Waals surface area contributed by atoms with Gasteiger partial charge in [0.15, 0.2) is 0 Å². The van der Waals surface area contributed by atoms with E-state index < -0.39 is 0 Å². The van der Waals surface area contributed by atoms with Gasteiger partial charge in [-0.3, -0.25) is 9.20 Å². The van der Waals surface area contributed by atoms with E-state index >= 15 is 0 Å². The third-order valence-corrected chi connectivity index (χ3v) is 4.60. The van der Waals surface area contributed by atoms with E-state index in [1.54, 1.807) is 36.2 Å². The Bertz CT molecular complexity index is 866. The maximum atomic E-state index is 12.1. The van der Waals surface area contributed by atoms with Crippen molar-refractivity contribution < 1.29 is 0 Å². The van der Waals surface area contributed by atoms with Crippen LogP contribution in [0.2, 0.25) is 5.02 Å². The average molecular weight is 382 g/mol. The van der Waals surface area contributed by atoms with Crippen molar-refractivity contribution in [3.8, 4) is 0 Å². The largest absolute Gasteiger partial charge is 0.269 e. The molecule has 0 aliphatic rings. The Labute approximate surface area is 139 Å². The third-order valence-electron chi connectivity index (χ3n) is 2.86. The van der Waals surface area contributed by atoms with Crippen molar-refractivity contribution >= 4 is 44.9 Å². The summed E-state index contributed by atoms with van der Waals surface area (Å²) in [7, 11) is 0. The van der Waals surface area contributed by atoms with Crippen molar-refractivity contribution in [1.82, 2.24) is 9.38 Å². The van der Waals surface area contributed by atoms with Crippen LogP contribution in [-0.2, 0) is 5.75 Å². The van der Waals surface area contributed by atoms with Gasteiger partial charge in [-0.2, -0.15) is 0 Å². The molecule has 3 rings (SSSR count). The van der Waals surface area contributed by atoms with Crippen LogP contribution in [0.1, 0.15) is 5.69 Å². The van der Waals surface area contributed by atoms with E-state index in [0.717, 1.165) is 15.1 Å². The van der Waals surface area contributed by atoms with Crippen molar-refractivity contribution in [3.05, 3.63) is 74.2 Å². The minimum Gasteiger partial charge on any atom is -0.269 e. The number of halogens is 2. The number of thioether (sulfide) groups is 1. The highest BCUT2D eigenvalue weighted by Crippen LogP contribution is 2.24. The van der Waals surface area contributed by atoms with Gasteiger partial charge in [0, 0.05) is 27.4 Å². The van der Waals surface area contributed by atoms with Gasteiger partial charge in [0.05, 0.1) is 10.7 Å². The van der Waals surface area contributed by atoms with Crippen LogP contribution < -0.4 is 5.56 Å². The van der Waals surface area contributed by atoms with E-state index in [9.17, 15) is 4.79 Å². The fourth-order valence-electron chi connectivity index (χ4n) is 1.91. The molecule has 2 aromatic heterocycles. The summed E-state index contributed by atoms with van der Waals surface area (Å²) >= 11 is 11.0. The normalized spacial score (nSPS) is 11.0. The highest BCUT2D eigenvalue weighted by atomic mass is 79.9. The topological polar surface area (TPSA) is 34.4 Å². The number of aromatic nitrogens is 2. The highest BCUT2D eigenvalue weighted by Gasteiger charge is 2.04. The molecule has 3 nitrogen and oxygen atoms in total. The molecule has 6 heteroatoms.